The zero-order valence-corrected chi connectivity index (χ0v) is 12.8. The van der Waals surface area contributed by atoms with Crippen molar-refractivity contribution in [3.8, 4) is 0 Å². The molecule has 0 spiro atoms. The van der Waals surface area contributed by atoms with E-state index in [0.717, 1.165) is 18.2 Å². The van der Waals surface area contributed by atoms with E-state index >= 15 is 0 Å². The van der Waals surface area contributed by atoms with E-state index in [-0.39, 0.29) is 30.0 Å². The van der Waals surface area contributed by atoms with Crippen molar-refractivity contribution in [2.45, 2.75) is 44.4 Å². The van der Waals surface area contributed by atoms with E-state index in [2.05, 4.69) is 10.6 Å². The monoisotopic (exact) mass is 323 g/mol. The quantitative estimate of drug-likeness (QED) is 0.867. The Kier molecular flexibility index (Phi) is 4.30. The zero-order valence-electron chi connectivity index (χ0n) is 12.8. The van der Waals surface area contributed by atoms with Crippen molar-refractivity contribution in [3.63, 3.8) is 0 Å². The molecule has 2 aliphatic heterocycles. The Morgan fingerprint density at radius 2 is 2.13 bits per heavy atom. The maximum Gasteiger partial charge on any atom is 0.245 e. The summed E-state index contributed by atoms with van der Waals surface area (Å²) >= 11 is 0. The number of hydrogen-bond acceptors (Lipinski definition) is 3. The Bertz CT molecular complexity index is 638. The van der Waals surface area contributed by atoms with Crippen molar-refractivity contribution in [2.75, 3.05) is 6.54 Å². The number of rotatable bonds is 4. The van der Waals surface area contributed by atoms with Crippen molar-refractivity contribution in [1.82, 2.24) is 15.5 Å². The van der Waals surface area contributed by atoms with Crippen LogP contribution < -0.4 is 10.6 Å². The summed E-state index contributed by atoms with van der Waals surface area (Å²) in [5.74, 6) is -1.18. The Balaban J connectivity index is 1.64. The molecule has 2 fully saturated rings. The first-order chi connectivity index (χ1) is 11.0. The van der Waals surface area contributed by atoms with Gasteiger partial charge in [-0.2, -0.15) is 0 Å². The average molecular weight is 323 g/mol. The van der Waals surface area contributed by atoms with E-state index in [1.807, 2.05) is 6.92 Å². The molecule has 2 aliphatic rings. The van der Waals surface area contributed by atoms with Crippen molar-refractivity contribution >= 4 is 11.8 Å². The molecule has 23 heavy (non-hydrogen) atoms. The number of amides is 2. The highest BCUT2D eigenvalue weighted by Crippen LogP contribution is 2.24. The third kappa shape index (κ3) is 3.06. The molecule has 3 rings (SSSR count). The Morgan fingerprint density at radius 3 is 2.87 bits per heavy atom. The van der Waals surface area contributed by atoms with Crippen molar-refractivity contribution in [1.29, 1.82) is 0 Å². The second-order valence-corrected chi connectivity index (χ2v) is 6.03. The minimum absolute atomic E-state index is 0.0710. The molecule has 0 bridgehead atoms. The molecule has 0 aromatic heterocycles. The van der Waals surface area contributed by atoms with Crippen molar-refractivity contribution in [3.05, 3.63) is 35.4 Å². The second kappa shape index (κ2) is 6.23. The van der Waals surface area contributed by atoms with E-state index in [1.54, 1.807) is 4.90 Å². The third-order valence-corrected chi connectivity index (χ3v) is 4.50. The predicted octanol–water partition coefficient (Wildman–Crippen LogP) is 0.932. The minimum Gasteiger partial charge on any atom is -0.343 e. The lowest BCUT2D eigenvalue weighted by Crippen LogP contribution is -2.60. The molecule has 2 heterocycles. The van der Waals surface area contributed by atoms with Gasteiger partial charge in [0.2, 0.25) is 11.8 Å². The fraction of sp³-hybridized carbons (Fsp3) is 0.500. The summed E-state index contributed by atoms with van der Waals surface area (Å²) in [6.45, 7) is 2.41. The molecular weight excluding hydrogens is 304 g/mol. The standard InChI is InChI=1S/C16H19F2N3O2/c1-2-13-16(23)21-8-11(6-14(21)15(22)20-13)19-7-9-5-10(17)3-4-12(9)18/h3-5,11,13-14,19H,2,6-8H2,1H3,(H,20,22)/t11-,13-,14-/m0/s1. The van der Waals surface area contributed by atoms with Crippen LogP contribution in [0.4, 0.5) is 8.78 Å². The summed E-state index contributed by atoms with van der Waals surface area (Å²) in [6.07, 6.45) is 1.03. The third-order valence-electron chi connectivity index (χ3n) is 4.50. The number of nitrogens with one attached hydrogen (secondary N) is 2. The van der Waals surface area contributed by atoms with E-state index < -0.39 is 23.7 Å². The van der Waals surface area contributed by atoms with E-state index in [0.29, 0.717) is 19.4 Å². The first-order valence-corrected chi connectivity index (χ1v) is 7.77. The summed E-state index contributed by atoms with van der Waals surface area (Å²) in [5, 5.41) is 5.85. The van der Waals surface area contributed by atoms with Gasteiger partial charge in [0.05, 0.1) is 0 Å². The van der Waals surface area contributed by atoms with E-state index in [4.69, 9.17) is 0 Å². The summed E-state index contributed by atoms with van der Waals surface area (Å²) in [7, 11) is 0. The fourth-order valence-corrected chi connectivity index (χ4v) is 3.22. The van der Waals surface area contributed by atoms with Crippen molar-refractivity contribution in [2.24, 2.45) is 0 Å². The van der Waals surface area contributed by atoms with Crippen LogP contribution in [0.2, 0.25) is 0 Å². The summed E-state index contributed by atoms with van der Waals surface area (Å²) in [5.41, 5.74) is 0.233. The first-order valence-electron chi connectivity index (χ1n) is 7.77. The lowest BCUT2D eigenvalue weighted by Gasteiger charge is -2.33. The molecule has 2 amide bonds. The van der Waals surface area contributed by atoms with Crippen LogP contribution in [0.25, 0.3) is 0 Å². The maximum absolute atomic E-state index is 13.6. The highest BCUT2D eigenvalue weighted by molar-refractivity contribution is 5.97. The molecule has 0 unspecified atom stereocenters. The van der Waals surface area contributed by atoms with Crippen LogP contribution in [0.1, 0.15) is 25.3 Å². The number of carbonyl (C=O) groups excluding carboxylic acids is 2. The summed E-state index contributed by atoms with van der Waals surface area (Å²) < 4.78 is 26.8. The van der Waals surface area contributed by atoms with Crippen LogP contribution in [0.3, 0.4) is 0 Å². The van der Waals surface area contributed by atoms with Crippen LogP contribution in [0, 0.1) is 11.6 Å². The van der Waals surface area contributed by atoms with Crippen LogP contribution in [0.5, 0.6) is 0 Å². The van der Waals surface area contributed by atoms with Gasteiger partial charge in [-0.15, -0.1) is 0 Å². The number of hydrogen-bond donors (Lipinski definition) is 2. The number of nitrogens with zero attached hydrogens (tertiary/aromatic N) is 1. The van der Waals surface area contributed by atoms with Gasteiger partial charge in [-0.1, -0.05) is 6.92 Å². The van der Waals surface area contributed by atoms with Gasteiger partial charge in [0.15, 0.2) is 0 Å². The molecule has 5 nitrogen and oxygen atoms in total. The molecule has 3 atom stereocenters. The van der Waals surface area contributed by atoms with Gasteiger partial charge >= 0.3 is 0 Å². The smallest absolute Gasteiger partial charge is 0.245 e. The number of benzene rings is 1. The normalized spacial score (nSPS) is 27.1. The van der Waals surface area contributed by atoms with Gasteiger partial charge in [-0.3, -0.25) is 9.59 Å². The SMILES string of the molecule is CC[C@@H]1NC(=O)[C@@H]2C[C@H](NCc3cc(F)ccc3F)CN2C1=O. The van der Waals surface area contributed by atoms with Gasteiger partial charge in [0, 0.05) is 24.7 Å². The van der Waals surface area contributed by atoms with Crippen LogP contribution in [-0.2, 0) is 16.1 Å². The molecule has 2 saturated heterocycles. The minimum atomic E-state index is -0.493. The molecule has 0 radical (unpaired) electrons. The molecule has 0 aliphatic carbocycles. The molecule has 124 valence electrons. The molecule has 1 aromatic rings. The fourth-order valence-electron chi connectivity index (χ4n) is 3.22. The van der Waals surface area contributed by atoms with E-state index in [9.17, 15) is 18.4 Å². The molecule has 7 heteroatoms. The lowest BCUT2D eigenvalue weighted by atomic mass is 10.1. The molecule has 2 N–H and O–H groups in total. The predicted molar refractivity (Wildman–Crippen MR) is 79.3 cm³/mol. The topological polar surface area (TPSA) is 61.4 Å². The maximum atomic E-state index is 13.6. The lowest BCUT2D eigenvalue weighted by molar-refractivity contribution is -0.147. The average Bonchev–Trinajstić information content (AvgIpc) is 2.97. The van der Waals surface area contributed by atoms with Gasteiger partial charge in [0.1, 0.15) is 23.7 Å². The molecule has 0 saturated carbocycles. The van der Waals surface area contributed by atoms with Crippen LogP contribution in [0.15, 0.2) is 18.2 Å². The zero-order chi connectivity index (χ0) is 16.6. The van der Waals surface area contributed by atoms with Gasteiger partial charge in [-0.05, 0) is 31.0 Å². The Morgan fingerprint density at radius 1 is 1.35 bits per heavy atom. The molecule has 1 aromatic carbocycles. The van der Waals surface area contributed by atoms with Gasteiger partial charge in [-0.25, -0.2) is 8.78 Å². The Hall–Kier alpha value is -2.02. The van der Waals surface area contributed by atoms with E-state index in [1.165, 1.54) is 0 Å². The van der Waals surface area contributed by atoms with Crippen LogP contribution >= 0.6 is 0 Å². The highest BCUT2D eigenvalue weighted by Gasteiger charge is 2.45. The van der Waals surface area contributed by atoms with Gasteiger partial charge < -0.3 is 15.5 Å². The summed E-state index contributed by atoms with van der Waals surface area (Å²) in [4.78, 5) is 25.9. The second-order valence-electron chi connectivity index (χ2n) is 6.03. The largest absolute Gasteiger partial charge is 0.343 e. The Labute approximate surface area is 133 Å². The van der Waals surface area contributed by atoms with Crippen molar-refractivity contribution < 1.29 is 18.4 Å². The summed E-state index contributed by atoms with van der Waals surface area (Å²) in [6, 6.07) is 2.26. The van der Waals surface area contributed by atoms with Crippen LogP contribution in [-0.4, -0.2) is 41.4 Å². The number of carbonyl (C=O) groups is 2. The number of piperazine rings is 1. The van der Waals surface area contributed by atoms with Gasteiger partial charge in [0.25, 0.3) is 0 Å². The number of fused-ring (bicyclic) bond motifs is 1. The number of halogens is 2. The molecular formula is C16H19F2N3O2. The highest BCUT2D eigenvalue weighted by atomic mass is 19.1. The first kappa shape index (κ1) is 15.9.